The summed E-state index contributed by atoms with van der Waals surface area (Å²) in [6, 6.07) is 17.7. The Morgan fingerprint density at radius 1 is 1.00 bits per heavy atom. The van der Waals surface area contributed by atoms with E-state index in [0.717, 1.165) is 24.2 Å². The van der Waals surface area contributed by atoms with E-state index in [0.29, 0.717) is 12.1 Å². The number of amides is 1. The van der Waals surface area contributed by atoms with E-state index >= 15 is 0 Å². The molecular formula is C25H28FN3O3S. The molecule has 8 heteroatoms. The van der Waals surface area contributed by atoms with Gasteiger partial charge in [-0.2, -0.15) is 0 Å². The second kappa shape index (κ2) is 10.6. The molecule has 0 aliphatic heterocycles. The smallest absolute Gasteiger partial charge is 0.262 e. The largest absolute Gasteiger partial charge is 0.348 e. The fourth-order valence-electron chi connectivity index (χ4n) is 3.30. The summed E-state index contributed by atoms with van der Waals surface area (Å²) in [7, 11) is -2.03. The highest BCUT2D eigenvalue weighted by Gasteiger charge is 2.19. The number of hydrogen-bond acceptors (Lipinski definition) is 4. The van der Waals surface area contributed by atoms with Crippen molar-refractivity contribution in [1.29, 1.82) is 0 Å². The van der Waals surface area contributed by atoms with Crippen LogP contribution in [-0.4, -0.2) is 32.8 Å². The van der Waals surface area contributed by atoms with Crippen LogP contribution < -0.4 is 10.0 Å². The van der Waals surface area contributed by atoms with E-state index in [9.17, 15) is 17.6 Å². The number of nitrogens with one attached hydrogen (secondary N) is 2. The Hall–Kier alpha value is -3.23. The second-order valence-corrected chi connectivity index (χ2v) is 9.58. The molecule has 3 rings (SSSR count). The lowest BCUT2D eigenvalue weighted by Crippen LogP contribution is -2.24. The van der Waals surface area contributed by atoms with Crippen LogP contribution in [0.1, 0.15) is 34.0 Å². The molecule has 0 saturated carbocycles. The Bertz CT molecular complexity index is 1250. The summed E-state index contributed by atoms with van der Waals surface area (Å²) < 4.78 is 41.6. The maximum Gasteiger partial charge on any atom is 0.262 e. The molecule has 3 aromatic rings. The van der Waals surface area contributed by atoms with Crippen molar-refractivity contribution >= 4 is 21.6 Å². The summed E-state index contributed by atoms with van der Waals surface area (Å²) in [6.45, 7) is 5.88. The molecule has 0 radical (unpaired) electrons. The van der Waals surface area contributed by atoms with Crippen LogP contribution in [0.4, 0.5) is 10.1 Å². The highest BCUT2D eigenvalue weighted by molar-refractivity contribution is 7.92. The number of halogens is 1. The minimum atomic E-state index is -4.07. The molecule has 0 aromatic heterocycles. The number of para-hydroxylation sites is 1. The molecule has 0 unspecified atom stereocenters. The van der Waals surface area contributed by atoms with Crippen LogP contribution in [0, 0.1) is 12.7 Å². The van der Waals surface area contributed by atoms with Gasteiger partial charge in [0.05, 0.1) is 10.6 Å². The van der Waals surface area contributed by atoms with Crippen LogP contribution in [0.2, 0.25) is 0 Å². The first-order valence-electron chi connectivity index (χ1n) is 10.6. The number of nitrogens with zero attached hydrogens (tertiary/aromatic N) is 1. The summed E-state index contributed by atoms with van der Waals surface area (Å²) >= 11 is 0. The highest BCUT2D eigenvalue weighted by atomic mass is 32.2. The maximum atomic E-state index is 13.9. The number of rotatable bonds is 9. The molecule has 174 valence electrons. The van der Waals surface area contributed by atoms with Crippen molar-refractivity contribution in [2.75, 3.05) is 18.3 Å². The van der Waals surface area contributed by atoms with Gasteiger partial charge in [0.1, 0.15) is 5.82 Å². The molecule has 3 aromatic carbocycles. The Morgan fingerprint density at radius 3 is 2.45 bits per heavy atom. The average molecular weight is 470 g/mol. The van der Waals surface area contributed by atoms with Crippen molar-refractivity contribution in [2.24, 2.45) is 0 Å². The third-order valence-electron chi connectivity index (χ3n) is 5.32. The normalized spacial score (nSPS) is 11.4. The third-order valence-corrected chi connectivity index (χ3v) is 6.68. The zero-order valence-corrected chi connectivity index (χ0v) is 19.7. The molecule has 0 spiro atoms. The topological polar surface area (TPSA) is 78.5 Å². The summed E-state index contributed by atoms with van der Waals surface area (Å²) in [6.07, 6.45) is 0. The van der Waals surface area contributed by atoms with Crippen molar-refractivity contribution < 1.29 is 17.6 Å². The molecule has 0 fully saturated rings. The van der Waals surface area contributed by atoms with Gasteiger partial charge in [-0.05, 0) is 61.5 Å². The third kappa shape index (κ3) is 6.40. The fraction of sp³-hybridized carbons (Fsp3) is 0.240. The lowest BCUT2D eigenvalue weighted by atomic mass is 10.1. The molecule has 0 saturated heterocycles. The average Bonchev–Trinajstić information content (AvgIpc) is 2.79. The predicted molar refractivity (Wildman–Crippen MR) is 128 cm³/mol. The van der Waals surface area contributed by atoms with Gasteiger partial charge in [-0.25, -0.2) is 12.8 Å². The molecule has 1 amide bonds. The highest BCUT2D eigenvalue weighted by Crippen LogP contribution is 2.21. The quantitative estimate of drug-likeness (QED) is 0.489. The molecule has 0 aliphatic rings. The van der Waals surface area contributed by atoms with E-state index in [2.05, 4.69) is 21.9 Å². The van der Waals surface area contributed by atoms with Gasteiger partial charge in [-0.15, -0.1) is 0 Å². The van der Waals surface area contributed by atoms with Gasteiger partial charge in [0.25, 0.3) is 15.9 Å². The minimum absolute atomic E-state index is 0.119. The molecule has 6 nitrogen and oxygen atoms in total. The first-order valence-corrected chi connectivity index (χ1v) is 12.1. The van der Waals surface area contributed by atoms with Gasteiger partial charge in [-0.3, -0.25) is 9.52 Å². The first kappa shape index (κ1) is 24.4. The monoisotopic (exact) mass is 469 g/mol. The summed E-state index contributed by atoms with van der Waals surface area (Å²) in [4.78, 5) is 14.9. The van der Waals surface area contributed by atoms with E-state index in [1.807, 2.05) is 31.3 Å². The molecule has 0 bridgehead atoms. The first-order chi connectivity index (χ1) is 15.7. The number of hydrogen-bond donors (Lipinski definition) is 2. The van der Waals surface area contributed by atoms with Gasteiger partial charge in [0.15, 0.2) is 0 Å². The standard InChI is InChI=1S/C25H28FN3O3S/c1-4-29(3)17-20-9-7-8-19(14-20)16-27-25(30)22-15-21(13-12-18(22)2)33(31,32)28-24-11-6-5-10-23(24)26/h5-15,28H,4,16-17H2,1-3H3,(H,27,30). The Labute approximate surface area is 194 Å². The van der Waals surface area contributed by atoms with Gasteiger partial charge >= 0.3 is 0 Å². The number of sulfonamides is 1. The molecule has 2 N–H and O–H groups in total. The van der Waals surface area contributed by atoms with Gasteiger partial charge < -0.3 is 10.2 Å². The van der Waals surface area contributed by atoms with Crippen molar-refractivity contribution in [3.05, 3.63) is 94.8 Å². The van der Waals surface area contributed by atoms with E-state index in [1.54, 1.807) is 13.0 Å². The lowest BCUT2D eigenvalue weighted by molar-refractivity contribution is 0.0950. The summed E-state index contributed by atoms with van der Waals surface area (Å²) in [5.74, 6) is -1.06. The van der Waals surface area contributed by atoms with E-state index in [1.165, 1.54) is 36.4 Å². The molecular weight excluding hydrogens is 441 g/mol. The van der Waals surface area contributed by atoms with E-state index in [-0.39, 0.29) is 22.1 Å². The maximum absolute atomic E-state index is 13.9. The Kier molecular flexibility index (Phi) is 7.84. The Morgan fingerprint density at radius 2 is 1.73 bits per heavy atom. The van der Waals surface area contributed by atoms with Crippen molar-refractivity contribution in [3.8, 4) is 0 Å². The zero-order valence-electron chi connectivity index (χ0n) is 18.9. The molecule has 0 heterocycles. The minimum Gasteiger partial charge on any atom is -0.348 e. The van der Waals surface area contributed by atoms with E-state index < -0.39 is 15.8 Å². The molecule has 33 heavy (non-hydrogen) atoms. The van der Waals surface area contributed by atoms with Crippen LogP contribution in [0.5, 0.6) is 0 Å². The molecule has 0 atom stereocenters. The number of anilines is 1. The van der Waals surface area contributed by atoms with Crippen LogP contribution in [-0.2, 0) is 23.1 Å². The fourth-order valence-corrected chi connectivity index (χ4v) is 4.39. The van der Waals surface area contributed by atoms with Gasteiger partial charge in [-0.1, -0.05) is 49.4 Å². The van der Waals surface area contributed by atoms with E-state index in [4.69, 9.17) is 0 Å². The number of aryl methyl sites for hydroxylation is 1. The van der Waals surface area contributed by atoms with Gasteiger partial charge in [0, 0.05) is 18.7 Å². The Balaban J connectivity index is 1.75. The van der Waals surface area contributed by atoms with Crippen molar-refractivity contribution in [3.63, 3.8) is 0 Å². The van der Waals surface area contributed by atoms with Crippen LogP contribution in [0.15, 0.2) is 71.6 Å². The van der Waals surface area contributed by atoms with Crippen LogP contribution >= 0.6 is 0 Å². The predicted octanol–water partition coefficient (Wildman–Crippen LogP) is 4.32. The SMILES string of the molecule is CCN(C)Cc1cccc(CNC(=O)c2cc(S(=O)(=O)Nc3ccccc3F)ccc2C)c1. The van der Waals surface area contributed by atoms with Crippen molar-refractivity contribution in [1.82, 2.24) is 10.2 Å². The lowest BCUT2D eigenvalue weighted by Gasteiger charge is -2.15. The summed E-state index contributed by atoms with van der Waals surface area (Å²) in [5.41, 5.74) is 2.82. The van der Waals surface area contributed by atoms with Gasteiger partial charge in [0.2, 0.25) is 0 Å². The number of carbonyl (C=O) groups is 1. The molecule has 0 aliphatic carbocycles. The number of carbonyl (C=O) groups excluding carboxylic acids is 1. The van der Waals surface area contributed by atoms with Crippen molar-refractivity contribution in [2.45, 2.75) is 31.8 Å². The summed E-state index contributed by atoms with van der Waals surface area (Å²) in [5, 5.41) is 2.86. The van der Waals surface area contributed by atoms with Crippen LogP contribution in [0.3, 0.4) is 0 Å². The second-order valence-electron chi connectivity index (χ2n) is 7.90. The zero-order chi connectivity index (χ0) is 24.0. The number of benzene rings is 3. The van der Waals surface area contributed by atoms with Crippen LogP contribution in [0.25, 0.3) is 0 Å².